The molecule has 8 heteroatoms. The Labute approximate surface area is 167 Å². The van der Waals surface area contributed by atoms with Gasteiger partial charge in [-0.3, -0.25) is 4.79 Å². The number of anilines is 1. The lowest BCUT2D eigenvalue weighted by Gasteiger charge is -2.11. The van der Waals surface area contributed by atoms with Crippen LogP contribution < -0.4 is 5.32 Å². The summed E-state index contributed by atoms with van der Waals surface area (Å²) in [6, 6.07) is 15.4. The van der Waals surface area contributed by atoms with Crippen molar-refractivity contribution >= 4 is 11.6 Å². The van der Waals surface area contributed by atoms with Crippen molar-refractivity contribution in [2.24, 2.45) is 0 Å². The highest BCUT2D eigenvalue weighted by atomic mass is 16.1. The summed E-state index contributed by atoms with van der Waals surface area (Å²) in [5.74, 6) is 0.468. The third-order valence-electron chi connectivity index (χ3n) is 4.50. The SMILES string of the molecule is CCc1nnnn1-c1cc(C(=O)Nc2ccnnc2)cc(-c2ccc(C)cc2)c1. The normalized spacial score (nSPS) is 10.7. The molecule has 0 bridgehead atoms. The molecule has 0 aliphatic carbocycles. The summed E-state index contributed by atoms with van der Waals surface area (Å²) in [5.41, 5.74) is 4.86. The van der Waals surface area contributed by atoms with Gasteiger partial charge in [0.15, 0.2) is 5.82 Å². The molecule has 0 fully saturated rings. The molecule has 1 N–H and O–H groups in total. The maximum Gasteiger partial charge on any atom is 0.255 e. The minimum Gasteiger partial charge on any atom is -0.320 e. The highest BCUT2D eigenvalue weighted by Gasteiger charge is 2.14. The zero-order chi connectivity index (χ0) is 20.2. The van der Waals surface area contributed by atoms with Crippen molar-refractivity contribution in [3.63, 3.8) is 0 Å². The lowest BCUT2D eigenvalue weighted by Crippen LogP contribution is -2.13. The molecule has 0 atom stereocenters. The molecule has 0 saturated heterocycles. The van der Waals surface area contributed by atoms with E-state index in [0.29, 0.717) is 17.7 Å². The number of aryl methyl sites for hydroxylation is 2. The standard InChI is InChI=1S/C21H19N7O/c1-3-20-25-26-27-28(20)19-11-16(15-6-4-14(2)5-7-15)10-17(12-19)21(29)24-18-8-9-22-23-13-18/h4-13H,3H2,1-2H3,(H,22,24,29). The van der Waals surface area contributed by atoms with Gasteiger partial charge in [0, 0.05) is 12.0 Å². The van der Waals surface area contributed by atoms with E-state index >= 15 is 0 Å². The van der Waals surface area contributed by atoms with Crippen molar-refractivity contribution < 1.29 is 4.79 Å². The topological polar surface area (TPSA) is 98.5 Å². The molecule has 1 amide bonds. The van der Waals surface area contributed by atoms with Crippen LogP contribution in [0, 0.1) is 6.92 Å². The van der Waals surface area contributed by atoms with Gasteiger partial charge in [0.2, 0.25) is 0 Å². The van der Waals surface area contributed by atoms with Crippen LogP contribution in [0.5, 0.6) is 0 Å². The Morgan fingerprint density at radius 1 is 1.03 bits per heavy atom. The van der Waals surface area contributed by atoms with E-state index < -0.39 is 0 Å². The number of carbonyl (C=O) groups excluding carboxylic acids is 1. The zero-order valence-electron chi connectivity index (χ0n) is 16.1. The zero-order valence-corrected chi connectivity index (χ0v) is 16.1. The van der Waals surface area contributed by atoms with Crippen molar-refractivity contribution in [1.82, 2.24) is 30.4 Å². The average molecular weight is 385 g/mol. The summed E-state index contributed by atoms with van der Waals surface area (Å²) in [6.07, 6.45) is 3.70. The summed E-state index contributed by atoms with van der Waals surface area (Å²) in [6.45, 7) is 4.02. The Morgan fingerprint density at radius 3 is 2.59 bits per heavy atom. The Morgan fingerprint density at radius 2 is 1.86 bits per heavy atom. The fourth-order valence-electron chi connectivity index (χ4n) is 2.97. The van der Waals surface area contributed by atoms with E-state index in [1.165, 1.54) is 18.0 Å². The number of nitrogens with one attached hydrogen (secondary N) is 1. The fraction of sp³-hybridized carbons (Fsp3) is 0.143. The van der Waals surface area contributed by atoms with Crippen molar-refractivity contribution in [3.8, 4) is 16.8 Å². The van der Waals surface area contributed by atoms with Gasteiger partial charge < -0.3 is 5.32 Å². The minimum atomic E-state index is -0.251. The van der Waals surface area contributed by atoms with E-state index in [2.05, 4.69) is 31.0 Å². The Hall–Kier alpha value is -3.94. The Kier molecular flexibility index (Phi) is 5.07. The number of hydrogen-bond acceptors (Lipinski definition) is 6. The van der Waals surface area contributed by atoms with Crippen LogP contribution in [0.3, 0.4) is 0 Å². The van der Waals surface area contributed by atoms with E-state index in [4.69, 9.17) is 0 Å². The van der Waals surface area contributed by atoms with Gasteiger partial charge in [0.05, 0.1) is 23.8 Å². The largest absolute Gasteiger partial charge is 0.320 e. The van der Waals surface area contributed by atoms with Gasteiger partial charge in [0.25, 0.3) is 5.91 Å². The number of benzene rings is 2. The lowest BCUT2D eigenvalue weighted by molar-refractivity contribution is 0.102. The number of rotatable bonds is 5. The first-order valence-corrected chi connectivity index (χ1v) is 9.22. The maximum atomic E-state index is 12.9. The summed E-state index contributed by atoms with van der Waals surface area (Å²) in [7, 11) is 0. The van der Waals surface area contributed by atoms with Gasteiger partial charge >= 0.3 is 0 Å². The summed E-state index contributed by atoms with van der Waals surface area (Å²) < 4.78 is 1.66. The predicted octanol–water partition coefficient (Wildman–Crippen LogP) is 3.24. The summed E-state index contributed by atoms with van der Waals surface area (Å²) in [4.78, 5) is 12.9. The van der Waals surface area contributed by atoms with Crippen LogP contribution in [-0.2, 0) is 6.42 Å². The van der Waals surface area contributed by atoms with Gasteiger partial charge in [0.1, 0.15) is 0 Å². The van der Waals surface area contributed by atoms with Crippen LogP contribution in [0.25, 0.3) is 16.8 Å². The minimum absolute atomic E-state index is 0.251. The van der Waals surface area contributed by atoms with E-state index in [-0.39, 0.29) is 5.91 Å². The summed E-state index contributed by atoms with van der Waals surface area (Å²) >= 11 is 0. The molecular formula is C21H19N7O. The van der Waals surface area contributed by atoms with Crippen LogP contribution >= 0.6 is 0 Å². The van der Waals surface area contributed by atoms with E-state index in [1.807, 2.05) is 50.2 Å². The first-order valence-electron chi connectivity index (χ1n) is 9.22. The second-order valence-corrected chi connectivity index (χ2v) is 6.58. The molecule has 8 nitrogen and oxygen atoms in total. The molecular weight excluding hydrogens is 366 g/mol. The highest BCUT2D eigenvalue weighted by molar-refractivity contribution is 6.05. The smallest absolute Gasteiger partial charge is 0.255 e. The molecule has 0 aliphatic rings. The molecule has 144 valence electrons. The second kappa shape index (κ2) is 7.97. The van der Waals surface area contributed by atoms with Crippen molar-refractivity contribution in [2.75, 3.05) is 5.32 Å². The molecule has 29 heavy (non-hydrogen) atoms. The molecule has 0 unspecified atom stereocenters. The van der Waals surface area contributed by atoms with Gasteiger partial charge in [-0.25, -0.2) is 0 Å². The second-order valence-electron chi connectivity index (χ2n) is 6.58. The number of nitrogens with zero attached hydrogens (tertiary/aromatic N) is 6. The molecule has 0 radical (unpaired) electrons. The van der Waals surface area contributed by atoms with Crippen LogP contribution in [0.15, 0.2) is 60.9 Å². The molecule has 0 spiro atoms. The average Bonchev–Trinajstić information content (AvgIpc) is 3.23. The highest BCUT2D eigenvalue weighted by Crippen LogP contribution is 2.25. The van der Waals surface area contributed by atoms with E-state index in [9.17, 15) is 4.79 Å². The Balaban J connectivity index is 1.79. The number of hydrogen-bond donors (Lipinski definition) is 1. The number of tetrazole rings is 1. The molecule has 4 rings (SSSR count). The van der Waals surface area contributed by atoms with Crippen molar-refractivity contribution in [3.05, 3.63) is 77.9 Å². The lowest BCUT2D eigenvalue weighted by atomic mass is 10.0. The van der Waals surface area contributed by atoms with Crippen LogP contribution in [-0.4, -0.2) is 36.3 Å². The number of amides is 1. The van der Waals surface area contributed by atoms with E-state index in [0.717, 1.165) is 22.6 Å². The quantitative estimate of drug-likeness (QED) is 0.566. The van der Waals surface area contributed by atoms with E-state index in [1.54, 1.807) is 16.8 Å². The van der Waals surface area contributed by atoms with Crippen LogP contribution in [0.4, 0.5) is 5.69 Å². The number of aromatic nitrogens is 6. The third-order valence-corrected chi connectivity index (χ3v) is 4.50. The van der Waals surface area contributed by atoms with Crippen LogP contribution in [0.1, 0.15) is 28.7 Å². The summed E-state index contributed by atoms with van der Waals surface area (Å²) in [5, 5.41) is 22.3. The first-order chi connectivity index (χ1) is 14.1. The molecule has 4 aromatic rings. The fourth-order valence-corrected chi connectivity index (χ4v) is 2.97. The number of carbonyl (C=O) groups is 1. The predicted molar refractivity (Wildman–Crippen MR) is 109 cm³/mol. The molecule has 2 aromatic heterocycles. The van der Waals surface area contributed by atoms with Crippen molar-refractivity contribution in [1.29, 1.82) is 0 Å². The molecule has 0 aliphatic heterocycles. The van der Waals surface area contributed by atoms with Gasteiger partial charge in [-0.1, -0.05) is 36.8 Å². The van der Waals surface area contributed by atoms with Gasteiger partial charge in [-0.05, 0) is 52.7 Å². The van der Waals surface area contributed by atoms with Gasteiger partial charge in [-0.15, -0.1) is 5.10 Å². The Bertz CT molecular complexity index is 1140. The monoisotopic (exact) mass is 385 g/mol. The molecule has 2 aromatic carbocycles. The third kappa shape index (κ3) is 4.01. The molecule has 0 saturated carbocycles. The van der Waals surface area contributed by atoms with Gasteiger partial charge in [-0.2, -0.15) is 14.9 Å². The first kappa shape index (κ1) is 18.4. The maximum absolute atomic E-state index is 12.9. The molecule has 2 heterocycles. The van der Waals surface area contributed by atoms with Crippen molar-refractivity contribution in [2.45, 2.75) is 20.3 Å². The van der Waals surface area contributed by atoms with Crippen LogP contribution in [0.2, 0.25) is 0 Å².